The van der Waals surface area contributed by atoms with E-state index in [1.807, 2.05) is 37.4 Å². The van der Waals surface area contributed by atoms with Crippen molar-refractivity contribution in [3.8, 4) is 0 Å². The molecule has 0 spiro atoms. The summed E-state index contributed by atoms with van der Waals surface area (Å²) in [5.74, 6) is 0. The second-order valence-corrected chi connectivity index (χ2v) is 6.37. The number of benzene rings is 1. The minimum atomic E-state index is -0.516. The molecule has 0 unspecified atom stereocenters. The predicted octanol–water partition coefficient (Wildman–Crippen LogP) is 2.20. The summed E-state index contributed by atoms with van der Waals surface area (Å²) in [6.45, 7) is 5.12. The van der Waals surface area contributed by atoms with Crippen molar-refractivity contribution in [3.63, 3.8) is 0 Å². The molecular formula is C19H24N2O2. The van der Waals surface area contributed by atoms with Gasteiger partial charge in [-0.05, 0) is 24.1 Å². The van der Waals surface area contributed by atoms with Crippen LogP contribution in [0.15, 0.2) is 48.7 Å². The third-order valence-electron chi connectivity index (χ3n) is 4.36. The molecule has 0 saturated carbocycles. The molecule has 2 heterocycles. The molecule has 1 saturated heterocycles. The van der Waals surface area contributed by atoms with Gasteiger partial charge < -0.3 is 9.84 Å². The molecule has 0 radical (unpaired) electrons. The van der Waals surface area contributed by atoms with Crippen LogP contribution in [0.25, 0.3) is 0 Å². The van der Waals surface area contributed by atoms with E-state index in [-0.39, 0.29) is 6.61 Å². The van der Waals surface area contributed by atoms with Gasteiger partial charge in [0.05, 0.1) is 13.2 Å². The Bertz CT molecular complexity index is 615. The average Bonchev–Trinajstić information content (AvgIpc) is 2.58. The van der Waals surface area contributed by atoms with Crippen molar-refractivity contribution in [1.82, 2.24) is 9.88 Å². The van der Waals surface area contributed by atoms with E-state index in [0.717, 1.165) is 31.7 Å². The maximum atomic E-state index is 9.96. The van der Waals surface area contributed by atoms with E-state index < -0.39 is 5.60 Å². The third kappa shape index (κ3) is 4.16. The second-order valence-electron chi connectivity index (χ2n) is 6.37. The Morgan fingerprint density at radius 1 is 1.17 bits per heavy atom. The molecule has 3 rings (SSSR count). The molecule has 1 aromatic heterocycles. The smallest absolute Gasteiger partial charge is 0.108 e. The molecule has 1 atom stereocenters. The highest BCUT2D eigenvalue weighted by molar-refractivity contribution is 5.18. The van der Waals surface area contributed by atoms with Gasteiger partial charge in [-0.25, -0.2) is 0 Å². The number of nitrogens with zero attached hydrogens (tertiary/aromatic N) is 2. The summed E-state index contributed by atoms with van der Waals surface area (Å²) in [5, 5.41) is 9.96. The normalized spacial score (nSPS) is 22.2. The molecule has 1 aliphatic rings. The molecule has 1 N–H and O–H groups in total. The molecule has 122 valence electrons. The van der Waals surface area contributed by atoms with Gasteiger partial charge in [0.2, 0.25) is 0 Å². The van der Waals surface area contributed by atoms with E-state index in [2.05, 4.69) is 28.1 Å². The zero-order valence-corrected chi connectivity index (χ0v) is 13.6. The van der Waals surface area contributed by atoms with Crippen LogP contribution in [0.3, 0.4) is 0 Å². The molecule has 0 amide bonds. The van der Waals surface area contributed by atoms with E-state index in [4.69, 9.17) is 4.74 Å². The van der Waals surface area contributed by atoms with Gasteiger partial charge >= 0.3 is 0 Å². The van der Waals surface area contributed by atoms with Crippen LogP contribution in [0, 0.1) is 6.92 Å². The van der Waals surface area contributed by atoms with E-state index >= 15 is 0 Å². The van der Waals surface area contributed by atoms with Crippen LogP contribution >= 0.6 is 0 Å². The number of ether oxygens (including phenoxy) is 1. The number of aromatic nitrogens is 1. The number of aliphatic hydroxyl groups excluding tert-OH is 1. The van der Waals surface area contributed by atoms with Crippen LogP contribution in [0.5, 0.6) is 0 Å². The van der Waals surface area contributed by atoms with E-state index in [1.54, 1.807) is 0 Å². The van der Waals surface area contributed by atoms with E-state index in [0.29, 0.717) is 6.61 Å². The zero-order chi connectivity index (χ0) is 16.1. The predicted molar refractivity (Wildman–Crippen MR) is 90.2 cm³/mol. The Hall–Kier alpha value is -1.75. The van der Waals surface area contributed by atoms with Crippen molar-refractivity contribution >= 4 is 0 Å². The van der Waals surface area contributed by atoms with Gasteiger partial charge in [-0.1, -0.05) is 36.4 Å². The summed E-state index contributed by atoms with van der Waals surface area (Å²) in [5.41, 5.74) is 2.91. The lowest BCUT2D eigenvalue weighted by Crippen LogP contribution is -2.55. The summed E-state index contributed by atoms with van der Waals surface area (Å²) in [6, 6.07) is 14.4. The molecule has 4 heteroatoms. The van der Waals surface area contributed by atoms with Crippen molar-refractivity contribution < 1.29 is 9.84 Å². The number of aliphatic hydroxyl groups is 1. The van der Waals surface area contributed by atoms with Gasteiger partial charge in [0.25, 0.3) is 0 Å². The van der Waals surface area contributed by atoms with Gasteiger partial charge in [-0.2, -0.15) is 0 Å². The lowest BCUT2D eigenvalue weighted by Gasteiger charge is -2.42. The van der Waals surface area contributed by atoms with Crippen LogP contribution in [0.1, 0.15) is 16.8 Å². The van der Waals surface area contributed by atoms with Crippen LogP contribution in [0.4, 0.5) is 0 Å². The van der Waals surface area contributed by atoms with Gasteiger partial charge in [-0.15, -0.1) is 0 Å². The topological polar surface area (TPSA) is 45.6 Å². The van der Waals surface area contributed by atoms with Crippen LogP contribution in [-0.2, 0) is 17.7 Å². The molecule has 23 heavy (non-hydrogen) atoms. The minimum absolute atomic E-state index is 0.0323. The molecule has 1 aliphatic heterocycles. The minimum Gasteiger partial charge on any atom is -0.393 e. The largest absolute Gasteiger partial charge is 0.393 e. The fraction of sp³-hybridized carbons (Fsp3) is 0.421. The van der Waals surface area contributed by atoms with Crippen molar-refractivity contribution in [2.75, 3.05) is 26.3 Å². The molecule has 4 nitrogen and oxygen atoms in total. The number of pyridine rings is 1. The fourth-order valence-electron chi connectivity index (χ4n) is 3.13. The molecular weight excluding hydrogens is 288 g/mol. The molecule has 1 fully saturated rings. The maximum Gasteiger partial charge on any atom is 0.108 e. The SMILES string of the molecule is Cc1ccc(CN2CCO[C@@](CO)(Cc3ccccc3)C2)cn1. The first-order valence-electron chi connectivity index (χ1n) is 8.12. The monoisotopic (exact) mass is 312 g/mol. The third-order valence-corrected chi connectivity index (χ3v) is 4.36. The van der Waals surface area contributed by atoms with Crippen molar-refractivity contribution in [2.45, 2.75) is 25.5 Å². The van der Waals surface area contributed by atoms with E-state index in [9.17, 15) is 5.11 Å². The van der Waals surface area contributed by atoms with Crippen LogP contribution in [-0.4, -0.2) is 46.9 Å². The highest BCUT2D eigenvalue weighted by atomic mass is 16.5. The summed E-state index contributed by atoms with van der Waals surface area (Å²) in [4.78, 5) is 6.70. The number of aryl methyl sites for hydroxylation is 1. The summed E-state index contributed by atoms with van der Waals surface area (Å²) < 4.78 is 6.00. The Morgan fingerprint density at radius 2 is 2.00 bits per heavy atom. The number of morpholine rings is 1. The van der Waals surface area contributed by atoms with E-state index in [1.165, 1.54) is 11.1 Å². The van der Waals surface area contributed by atoms with Crippen molar-refractivity contribution in [2.24, 2.45) is 0 Å². The second kappa shape index (κ2) is 7.21. The lowest BCUT2D eigenvalue weighted by molar-refractivity contribution is -0.134. The Labute approximate surface area is 137 Å². The number of hydrogen-bond acceptors (Lipinski definition) is 4. The van der Waals surface area contributed by atoms with Gasteiger partial charge in [0.15, 0.2) is 0 Å². The number of rotatable bonds is 5. The summed E-state index contributed by atoms with van der Waals surface area (Å²) in [7, 11) is 0. The lowest BCUT2D eigenvalue weighted by atomic mass is 9.93. The molecule has 0 bridgehead atoms. The highest BCUT2D eigenvalue weighted by Gasteiger charge is 2.36. The molecule has 2 aromatic rings. The van der Waals surface area contributed by atoms with Crippen molar-refractivity contribution in [1.29, 1.82) is 0 Å². The Kier molecular flexibility index (Phi) is 5.06. The average molecular weight is 312 g/mol. The van der Waals surface area contributed by atoms with Gasteiger partial charge in [0, 0.05) is 37.9 Å². The maximum absolute atomic E-state index is 9.96. The van der Waals surface area contributed by atoms with Gasteiger partial charge in [-0.3, -0.25) is 9.88 Å². The first kappa shape index (κ1) is 16.1. The summed E-state index contributed by atoms with van der Waals surface area (Å²) >= 11 is 0. The fourth-order valence-corrected chi connectivity index (χ4v) is 3.13. The van der Waals surface area contributed by atoms with Crippen LogP contribution in [0.2, 0.25) is 0 Å². The molecule has 1 aromatic carbocycles. The quantitative estimate of drug-likeness (QED) is 0.919. The van der Waals surface area contributed by atoms with Crippen LogP contribution < -0.4 is 0 Å². The first-order chi connectivity index (χ1) is 11.2. The standard InChI is InChI=1S/C19H24N2O2/c1-16-7-8-18(12-20-16)13-21-9-10-23-19(14-21,15-22)11-17-5-3-2-4-6-17/h2-8,12,22H,9-11,13-15H2,1H3/t19-/m0/s1. The first-order valence-corrected chi connectivity index (χ1v) is 8.12. The van der Waals surface area contributed by atoms with Gasteiger partial charge in [0.1, 0.15) is 5.60 Å². The summed E-state index contributed by atoms with van der Waals surface area (Å²) in [6.07, 6.45) is 2.66. The Balaban J connectivity index is 1.68. The Morgan fingerprint density at radius 3 is 2.70 bits per heavy atom. The molecule has 0 aliphatic carbocycles. The zero-order valence-electron chi connectivity index (χ0n) is 13.6. The highest BCUT2D eigenvalue weighted by Crippen LogP contribution is 2.24. The number of hydrogen-bond donors (Lipinski definition) is 1. The van der Waals surface area contributed by atoms with Crippen molar-refractivity contribution in [3.05, 3.63) is 65.5 Å².